The van der Waals surface area contributed by atoms with Crippen LogP contribution in [-0.4, -0.2) is 30.7 Å². The Morgan fingerprint density at radius 3 is 2.67 bits per heavy atom. The van der Waals surface area contributed by atoms with E-state index in [1.807, 2.05) is 0 Å². The lowest BCUT2D eigenvalue weighted by Crippen LogP contribution is -2.43. The van der Waals surface area contributed by atoms with Gasteiger partial charge in [0, 0.05) is 18.7 Å². The number of carbonyl (C=O) groups is 1. The van der Waals surface area contributed by atoms with E-state index in [1.54, 1.807) is 0 Å². The Morgan fingerprint density at radius 2 is 1.94 bits per heavy atom. The fourth-order valence-electron chi connectivity index (χ4n) is 3.08. The molecule has 1 saturated heterocycles. The van der Waals surface area contributed by atoms with Gasteiger partial charge in [-0.15, -0.1) is 11.6 Å². The number of carbonyl (C=O) groups excluding carboxylic acids is 1. The maximum Gasteiger partial charge on any atom is 0.178 e. The van der Waals surface area contributed by atoms with Gasteiger partial charge in [0.2, 0.25) is 0 Å². The fraction of sp³-hybridized carbons (Fsp3) is 0.929. The molecule has 2 aliphatic rings. The number of halogens is 1. The Hall–Kier alpha value is -0.120. The van der Waals surface area contributed by atoms with Gasteiger partial charge in [-0.05, 0) is 25.7 Å². The van der Waals surface area contributed by atoms with Crippen LogP contribution in [0.5, 0.6) is 0 Å². The molecule has 4 heteroatoms. The molecule has 0 aromatic heterocycles. The number of ether oxygens (including phenoxy) is 2. The molecule has 2 rings (SSSR count). The van der Waals surface area contributed by atoms with Crippen LogP contribution in [0.3, 0.4) is 0 Å². The number of alkyl halides is 1. The van der Waals surface area contributed by atoms with Crippen molar-refractivity contribution in [2.75, 3.05) is 19.1 Å². The van der Waals surface area contributed by atoms with Crippen molar-refractivity contribution in [3.05, 3.63) is 0 Å². The maximum atomic E-state index is 12.3. The Morgan fingerprint density at radius 1 is 1.17 bits per heavy atom. The number of hydrogen-bond acceptors (Lipinski definition) is 3. The first-order valence-corrected chi connectivity index (χ1v) is 7.68. The molecule has 2 fully saturated rings. The lowest BCUT2D eigenvalue weighted by molar-refractivity contribution is -0.202. The van der Waals surface area contributed by atoms with Crippen molar-refractivity contribution in [2.24, 2.45) is 5.92 Å². The molecular weight excluding hydrogens is 252 g/mol. The van der Waals surface area contributed by atoms with E-state index < -0.39 is 5.79 Å². The average Bonchev–Trinajstić information content (AvgIpc) is 2.73. The zero-order valence-corrected chi connectivity index (χ0v) is 11.7. The zero-order chi connectivity index (χ0) is 12.8. The molecule has 0 amide bonds. The van der Waals surface area contributed by atoms with E-state index in [2.05, 4.69) is 0 Å². The van der Waals surface area contributed by atoms with Crippen LogP contribution in [0.4, 0.5) is 0 Å². The van der Waals surface area contributed by atoms with Gasteiger partial charge in [-0.3, -0.25) is 4.79 Å². The third-order valence-corrected chi connectivity index (χ3v) is 4.29. The summed E-state index contributed by atoms with van der Waals surface area (Å²) in [4.78, 5) is 12.3. The number of unbranched alkanes of at least 4 members (excludes halogenated alkanes) is 1. The topological polar surface area (TPSA) is 35.5 Å². The minimum absolute atomic E-state index is 0.0576. The van der Waals surface area contributed by atoms with Crippen LogP contribution in [-0.2, 0) is 14.3 Å². The third-order valence-electron chi connectivity index (χ3n) is 4.02. The highest BCUT2D eigenvalue weighted by atomic mass is 35.5. The third kappa shape index (κ3) is 3.25. The lowest BCUT2D eigenvalue weighted by Gasteiger charge is -2.34. The van der Waals surface area contributed by atoms with E-state index in [9.17, 15) is 4.79 Å². The number of Topliss-reactive ketones (excluding diaryl/α,β-unsaturated/α-hetero) is 1. The summed E-state index contributed by atoms with van der Waals surface area (Å²) in [6.07, 6.45) is 7.61. The number of hydrogen-bond donors (Lipinski definition) is 0. The molecule has 1 heterocycles. The molecule has 0 spiro atoms. The summed E-state index contributed by atoms with van der Waals surface area (Å²) >= 11 is 5.72. The molecule has 18 heavy (non-hydrogen) atoms. The van der Waals surface area contributed by atoms with Crippen molar-refractivity contribution in [3.8, 4) is 0 Å². The van der Waals surface area contributed by atoms with Crippen LogP contribution in [0.25, 0.3) is 0 Å². The van der Waals surface area contributed by atoms with Crippen molar-refractivity contribution in [2.45, 2.75) is 57.2 Å². The second-order valence-corrected chi connectivity index (χ2v) is 5.65. The number of ketones is 1. The van der Waals surface area contributed by atoms with E-state index in [4.69, 9.17) is 21.1 Å². The van der Waals surface area contributed by atoms with Crippen molar-refractivity contribution in [3.63, 3.8) is 0 Å². The van der Waals surface area contributed by atoms with E-state index in [1.165, 1.54) is 0 Å². The lowest BCUT2D eigenvalue weighted by atomic mass is 9.86. The summed E-state index contributed by atoms with van der Waals surface area (Å²) in [5.41, 5.74) is 0. The van der Waals surface area contributed by atoms with Crippen LogP contribution >= 0.6 is 11.6 Å². The van der Waals surface area contributed by atoms with Crippen LogP contribution in [0.2, 0.25) is 0 Å². The maximum absolute atomic E-state index is 12.3. The quantitative estimate of drug-likeness (QED) is 0.438. The summed E-state index contributed by atoms with van der Waals surface area (Å²) in [5, 5.41) is 0. The Kier molecular flexibility index (Phi) is 5.46. The minimum Gasteiger partial charge on any atom is -0.347 e. The van der Waals surface area contributed by atoms with Crippen molar-refractivity contribution in [1.82, 2.24) is 0 Å². The molecule has 1 aliphatic heterocycles. The van der Waals surface area contributed by atoms with Crippen molar-refractivity contribution >= 4 is 17.4 Å². The molecule has 0 bridgehead atoms. The van der Waals surface area contributed by atoms with Gasteiger partial charge in [0.05, 0.1) is 19.1 Å². The van der Waals surface area contributed by atoms with E-state index in [0.717, 1.165) is 44.9 Å². The molecule has 0 N–H and O–H groups in total. The highest BCUT2D eigenvalue weighted by molar-refractivity contribution is 6.17. The first-order chi connectivity index (χ1) is 8.78. The Bertz CT molecular complexity index is 274. The zero-order valence-electron chi connectivity index (χ0n) is 11.0. The molecule has 0 aromatic rings. The second-order valence-electron chi connectivity index (χ2n) is 5.27. The van der Waals surface area contributed by atoms with Crippen LogP contribution in [0.15, 0.2) is 0 Å². The molecule has 0 aromatic carbocycles. The van der Waals surface area contributed by atoms with Crippen molar-refractivity contribution < 1.29 is 14.3 Å². The van der Waals surface area contributed by atoms with Crippen molar-refractivity contribution in [1.29, 1.82) is 0 Å². The second kappa shape index (κ2) is 6.88. The molecule has 0 radical (unpaired) electrons. The monoisotopic (exact) mass is 274 g/mol. The SMILES string of the molecule is O=C1CCCCCC1C1(CCCCCl)OCCO1. The van der Waals surface area contributed by atoms with Gasteiger partial charge in [0.1, 0.15) is 5.78 Å². The summed E-state index contributed by atoms with van der Waals surface area (Å²) in [6, 6.07) is 0. The Balaban J connectivity index is 2.04. The summed E-state index contributed by atoms with van der Waals surface area (Å²) in [7, 11) is 0. The summed E-state index contributed by atoms with van der Waals surface area (Å²) in [5.74, 6) is 0.306. The highest BCUT2D eigenvalue weighted by Gasteiger charge is 2.47. The molecule has 1 unspecified atom stereocenters. The predicted octanol–water partition coefficient (Wildman–Crippen LogP) is 3.29. The summed E-state index contributed by atoms with van der Waals surface area (Å²) < 4.78 is 11.7. The van der Waals surface area contributed by atoms with Gasteiger partial charge in [-0.1, -0.05) is 12.8 Å². The smallest absolute Gasteiger partial charge is 0.178 e. The molecular formula is C14H23ClO3. The Labute approximate surface area is 114 Å². The van der Waals surface area contributed by atoms with Crippen LogP contribution < -0.4 is 0 Å². The first-order valence-electron chi connectivity index (χ1n) is 7.15. The molecule has 1 saturated carbocycles. The van der Waals surface area contributed by atoms with Crippen LogP contribution in [0, 0.1) is 5.92 Å². The first kappa shape index (κ1) is 14.3. The van der Waals surface area contributed by atoms with Gasteiger partial charge in [0.15, 0.2) is 5.79 Å². The van der Waals surface area contributed by atoms with Gasteiger partial charge in [0.25, 0.3) is 0 Å². The largest absolute Gasteiger partial charge is 0.347 e. The molecule has 1 atom stereocenters. The van der Waals surface area contributed by atoms with Gasteiger partial charge in [-0.2, -0.15) is 0 Å². The van der Waals surface area contributed by atoms with Gasteiger partial charge >= 0.3 is 0 Å². The van der Waals surface area contributed by atoms with E-state index >= 15 is 0 Å². The molecule has 104 valence electrons. The normalized spacial score (nSPS) is 28.3. The van der Waals surface area contributed by atoms with Gasteiger partial charge < -0.3 is 9.47 Å². The molecule has 3 nitrogen and oxygen atoms in total. The fourth-order valence-corrected chi connectivity index (χ4v) is 3.27. The minimum atomic E-state index is -0.631. The van der Waals surface area contributed by atoms with E-state index in [-0.39, 0.29) is 5.92 Å². The summed E-state index contributed by atoms with van der Waals surface area (Å²) in [6.45, 7) is 1.23. The van der Waals surface area contributed by atoms with Crippen LogP contribution in [0.1, 0.15) is 51.4 Å². The number of rotatable bonds is 5. The molecule has 1 aliphatic carbocycles. The highest BCUT2D eigenvalue weighted by Crippen LogP contribution is 2.39. The average molecular weight is 275 g/mol. The standard InChI is InChI=1S/C14H23ClO3/c15-9-5-4-8-14(17-10-11-18-14)12-6-2-1-3-7-13(12)16/h12H,1-11H2. The van der Waals surface area contributed by atoms with Gasteiger partial charge in [-0.25, -0.2) is 0 Å². The predicted molar refractivity (Wildman–Crippen MR) is 70.8 cm³/mol. The van der Waals surface area contributed by atoms with E-state index in [0.29, 0.717) is 31.3 Å².